The van der Waals surface area contributed by atoms with Crippen molar-refractivity contribution in [1.82, 2.24) is 5.32 Å². The maximum atomic E-state index is 12.8. The van der Waals surface area contributed by atoms with Gasteiger partial charge in [-0.05, 0) is 32.0 Å². The van der Waals surface area contributed by atoms with Gasteiger partial charge < -0.3 is 15.2 Å². The minimum Gasteiger partial charge on any atom is -0.482 e. The normalized spacial score (nSPS) is 10.9. The predicted octanol–water partition coefficient (Wildman–Crippen LogP) is 1.84. The lowest BCUT2D eigenvalue weighted by Gasteiger charge is -2.21. The molecule has 0 aliphatic carbocycles. The first-order chi connectivity index (χ1) is 8.72. The third-order valence-electron chi connectivity index (χ3n) is 2.24. The van der Waals surface area contributed by atoms with Gasteiger partial charge in [0, 0.05) is 0 Å². The zero-order chi connectivity index (χ0) is 14.6. The Labute approximate surface area is 114 Å². The summed E-state index contributed by atoms with van der Waals surface area (Å²) < 4.78 is 17.8. The maximum Gasteiger partial charge on any atom is 0.328 e. The minimum atomic E-state index is -1.40. The number of amides is 1. The summed E-state index contributed by atoms with van der Waals surface area (Å²) >= 11 is 5.71. The summed E-state index contributed by atoms with van der Waals surface area (Å²) in [6, 6.07) is 3.48. The predicted molar refractivity (Wildman–Crippen MR) is 66.8 cm³/mol. The summed E-state index contributed by atoms with van der Waals surface area (Å²) in [6.07, 6.45) is 0. The lowest BCUT2D eigenvalue weighted by atomic mass is 10.1. The summed E-state index contributed by atoms with van der Waals surface area (Å²) in [6.45, 7) is 2.28. The van der Waals surface area contributed by atoms with Gasteiger partial charge in [0.15, 0.2) is 6.61 Å². The molecule has 2 N–H and O–H groups in total. The highest BCUT2D eigenvalue weighted by molar-refractivity contribution is 6.32. The number of carbonyl (C=O) groups excluding carboxylic acids is 1. The number of hydrogen-bond donors (Lipinski definition) is 2. The smallest absolute Gasteiger partial charge is 0.328 e. The molecule has 1 rings (SSSR count). The van der Waals surface area contributed by atoms with E-state index >= 15 is 0 Å². The van der Waals surface area contributed by atoms with E-state index in [1.54, 1.807) is 0 Å². The molecule has 0 aliphatic heterocycles. The van der Waals surface area contributed by atoms with E-state index in [4.69, 9.17) is 21.4 Å². The number of carboxylic acids is 1. The van der Waals surface area contributed by atoms with Crippen LogP contribution in [0.5, 0.6) is 5.75 Å². The van der Waals surface area contributed by atoms with Gasteiger partial charge >= 0.3 is 5.97 Å². The second kappa shape index (κ2) is 5.88. The number of halogens is 2. The fraction of sp³-hybridized carbons (Fsp3) is 0.333. The fourth-order valence-electron chi connectivity index (χ4n) is 1.17. The van der Waals surface area contributed by atoms with Crippen LogP contribution in [0.1, 0.15) is 13.8 Å². The third kappa shape index (κ3) is 4.40. The molecular weight excluding hydrogens is 277 g/mol. The molecule has 104 valence electrons. The Balaban J connectivity index is 2.57. The third-order valence-corrected chi connectivity index (χ3v) is 2.53. The number of carboxylic acid groups (broad SMARTS) is 1. The lowest BCUT2D eigenvalue weighted by Crippen LogP contribution is -2.51. The van der Waals surface area contributed by atoms with Crippen molar-refractivity contribution in [3.05, 3.63) is 29.0 Å². The molecule has 0 heterocycles. The van der Waals surface area contributed by atoms with Gasteiger partial charge in [0.1, 0.15) is 17.1 Å². The Morgan fingerprint density at radius 2 is 2.11 bits per heavy atom. The summed E-state index contributed by atoms with van der Waals surface area (Å²) in [5, 5.41) is 11.1. The molecule has 0 atom stereocenters. The molecule has 1 aromatic carbocycles. The molecule has 7 heteroatoms. The molecule has 1 aromatic rings. The van der Waals surface area contributed by atoms with E-state index in [-0.39, 0.29) is 10.8 Å². The van der Waals surface area contributed by atoms with Crippen molar-refractivity contribution < 1.29 is 23.8 Å². The molecule has 19 heavy (non-hydrogen) atoms. The van der Waals surface area contributed by atoms with E-state index in [1.165, 1.54) is 19.9 Å². The van der Waals surface area contributed by atoms with Gasteiger partial charge in [-0.15, -0.1) is 0 Å². The van der Waals surface area contributed by atoms with Crippen LogP contribution in [0.3, 0.4) is 0 Å². The van der Waals surface area contributed by atoms with Crippen LogP contribution < -0.4 is 10.1 Å². The summed E-state index contributed by atoms with van der Waals surface area (Å²) in [7, 11) is 0. The van der Waals surface area contributed by atoms with Gasteiger partial charge in [-0.2, -0.15) is 0 Å². The van der Waals surface area contributed by atoms with E-state index in [2.05, 4.69) is 5.32 Å². The number of carbonyl (C=O) groups is 2. The first kappa shape index (κ1) is 15.2. The number of hydrogen-bond acceptors (Lipinski definition) is 3. The van der Waals surface area contributed by atoms with Crippen molar-refractivity contribution in [1.29, 1.82) is 0 Å². The largest absolute Gasteiger partial charge is 0.482 e. The van der Waals surface area contributed by atoms with Gasteiger partial charge in [-0.1, -0.05) is 11.6 Å². The molecule has 0 spiro atoms. The van der Waals surface area contributed by atoms with Gasteiger partial charge in [-0.3, -0.25) is 4.79 Å². The highest BCUT2D eigenvalue weighted by Gasteiger charge is 2.28. The van der Waals surface area contributed by atoms with Crippen LogP contribution >= 0.6 is 11.6 Å². The van der Waals surface area contributed by atoms with Gasteiger partial charge in [0.2, 0.25) is 0 Å². The Kier molecular flexibility index (Phi) is 4.72. The SMILES string of the molecule is CC(C)(NC(=O)COc1ccc(F)cc1Cl)C(=O)O. The fourth-order valence-corrected chi connectivity index (χ4v) is 1.40. The molecule has 0 unspecified atom stereocenters. The van der Waals surface area contributed by atoms with Crippen molar-refractivity contribution in [3.63, 3.8) is 0 Å². The second-order valence-electron chi connectivity index (χ2n) is 4.34. The molecular formula is C12H13ClFNO4. The zero-order valence-electron chi connectivity index (χ0n) is 10.4. The summed E-state index contributed by atoms with van der Waals surface area (Å²) in [5.41, 5.74) is -1.40. The van der Waals surface area contributed by atoms with Crippen molar-refractivity contribution >= 4 is 23.5 Å². The van der Waals surface area contributed by atoms with Crippen LogP contribution in [0, 0.1) is 5.82 Å². The number of rotatable bonds is 5. The molecule has 0 aliphatic rings. The molecule has 0 aromatic heterocycles. The molecule has 0 saturated carbocycles. The van der Waals surface area contributed by atoms with Crippen LogP contribution in [-0.4, -0.2) is 29.1 Å². The maximum absolute atomic E-state index is 12.8. The van der Waals surface area contributed by atoms with Crippen LogP contribution in [0.25, 0.3) is 0 Å². The number of aliphatic carboxylic acids is 1. The Morgan fingerprint density at radius 3 is 2.63 bits per heavy atom. The number of nitrogens with one attached hydrogen (secondary N) is 1. The number of benzene rings is 1. The van der Waals surface area contributed by atoms with E-state index in [0.29, 0.717) is 0 Å². The summed E-state index contributed by atoms with van der Waals surface area (Å²) in [4.78, 5) is 22.3. The molecule has 0 radical (unpaired) electrons. The van der Waals surface area contributed by atoms with Crippen molar-refractivity contribution in [2.24, 2.45) is 0 Å². The summed E-state index contributed by atoms with van der Waals surface area (Å²) in [5.74, 6) is -2.16. The van der Waals surface area contributed by atoms with Gasteiger partial charge in [-0.25, -0.2) is 9.18 Å². The Morgan fingerprint density at radius 1 is 1.47 bits per heavy atom. The van der Waals surface area contributed by atoms with Gasteiger partial charge in [0.05, 0.1) is 5.02 Å². The van der Waals surface area contributed by atoms with E-state index in [9.17, 15) is 14.0 Å². The van der Waals surface area contributed by atoms with E-state index in [1.807, 2.05) is 0 Å². The van der Waals surface area contributed by atoms with E-state index in [0.717, 1.165) is 12.1 Å². The Bertz CT molecular complexity index is 505. The molecule has 0 fully saturated rings. The van der Waals surface area contributed by atoms with Crippen LogP contribution in [0.4, 0.5) is 4.39 Å². The van der Waals surface area contributed by atoms with Crippen LogP contribution in [0.15, 0.2) is 18.2 Å². The van der Waals surface area contributed by atoms with Gasteiger partial charge in [0.25, 0.3) is 5.91 Å². The Hall–Kier alpha value is -1.82. The zero-order valence-corrected chi connectivity index (χ0v) is 11.1. The molecule has 0 saturated heterocycles. The highest BCUT2D eigenvalue weighted by Crippen LogP contribution is 2.24. The van der Waals surface area contributed by atoms with Crippen LogP contribution in [-0.2, 0) is 9.59 Å². The molecule has 1 amide bonds. The topological polar surface area (TPSA) is 75.6 Å². The average Bonchev–Trinajstić information content (AvgIpc) is 2.27. The minimum absolute atomic E-state index is 0.0327. The molecule has 0 bridgehead atoms. The monoisotopic (exact) mass is 289 g/mol. The van der Waals surface area contributed by atoms with Crippen molar-refractivity contribution in [3.8, 4) is 5.75 Å². The molecule has 5 nitrogen and oxygen atoms in total. The quantitative estimate of drug-likeness (QED) is 0.867. The standard InChI is InChI=1S/C12H13ClFNO4/c1-12(2,11(17)18)15-10(16)6-19-9-4-3-7(14)5-8(9)13/h3-5H,6H2,1-2H3,(H,15,16)(H,17,18). The second-order valence-corrected chi connectivity index (χ2v) is 4.75. The first-order valence-electron chi connectivity index (χ1n) is 5.34. The lowest BCUT2D eigenvalue weighted by molar-refractivity contribution is -0.146. The highest BCUT2D eigenvalue weighted by atomic mass is 35.5. The number of ether oxygens (including phenoxy) is 1. The van der Waals surface area contributed by atoms with Crippen molar-refractivity contribution in [2.45, 2.75) is 19.4 Å². The van der Waals surface area contributed by atoms with Crippen LogP contribution in [0.2, 0.25) is 5.02 Å². The first-order valence-corrected chi connectivity index (χ1v) is 5.72. The average molecular weight is 290 g/mol. The van der Waals surface area contributed by atoms with Crippen molar-refractivity contribution in [2.75, 3.05) is 6.61 Å². The van der Waals surface area contributed by atoms with E-state index < -0.39 is 29.8 Å².